The van der Waals surface area contributed by atoms with Gasteiger partial charge in [-0.05, 0) is 12.8 Å². The van der Waals surface area contributed by atoms with E-state index in [1.165, 1.54) is 12.8 Å². The van der Waals surface area contributed by atoms with Crippen LogP contribution in [0.2, 0.25) is 0 Å². The van der Waals surface area contributed by atoms with Crippen molar-refractivity contribution in [3.63, 3.8) is 0 Å². The molecule has 2 fully saturated rings. The maximum atomic E-state index is 12.1. The molecule has 1 aliphatic carbocycles. The third-order valence-electron chi connectivity index (χ3n) is 3.45. The van der Waals surface area contributed by atoms with E-state index in [1.807, 2.05) is 11.9 Å². The lowest BCUT2D eigenvalue weighted by Gasteiger charge is -2.28. The summed E-state index contributed by atoms with van der Waals surface area (Å²) in [5.74, 6) is 0.370. The first kappa shape index (κ1) is 9.00. The molecule has 1 saturated carbocycles. The van der Waals surface area contributed by atoms with E-state index < -0.39 is 0 Å². The number of nitrogens with one attached hydrogen (secondary N) is 1. The molecule has 0 aromatic rings. The molecule has 1 spiro atoms. The van der Waals surface area contributed by atoms with E-state index in [0.29, 0.717) is 5.91 Å². The molecule has 0 radical (unpaired) electrons. The van der Waals surface area contributed by atoms with Crippen LogP contribution in [-0.2, 0) is 4.79 Å². The molecule has 1 heterocycles. The molecule has 0 aromatic carbocycles. The number of hydrogen-bond donors (Lipinski definition) is 1. The van der Waals surface area contributed by atoms with Gasteiger partial charge in [-0.2, -0.15) is 0 Å². The summed E-state index contributed by atoms with van der Waals surface area (Å²) < 4.78 is 0. The predicted molar refractivity (Wildman–Crippen MR) is 51.4 cm³/mol. The molecule has 1 saturated heterocycles. The normalized spacial score (nSPS) is 28.1. The Bertz CT molecular complexity index is 209. The Labute approximate surface area is 79.5 Å². The van der Waals surface area contributed by atoms with Gasteiger partial charge in [-0.3, -0.25) is 4.79 Å². The second-order valence-electron chi connectivity index (χ2n) is 4.39. The Balaban J connectivity index is 2.19. The van der Waals surface area contributed by atoms with Gasteiger partial charge in [0.15, 0.2) is 0 Å². The van der Waals surface area contributed by atoms with Crippen LogP contribution in [0.1, 0.15) is 25.7 Å². The Morgan fingerprint density at radius 1 is 1.38 bits per heavy atom. The van der Waals surface area contributed by atoms with Crippen molar-refractivity contribution in [3.8, 4) is 0 Å². The summed E-state index contributed by atoms with van der Waals surface area (Å²) >= 11 is 0. The molecule has 74 valence electrons. The molecular weight excluding hydrogens is 164 g/mol. The third-order valence-corrected chi connectivity index (χ3v) is 3.45. The number of nitrogens with zero attached hydrogens (tertiary/aromatic N) is 1. The number of hydrogen-bond acceptors (Lipinski definition) is 2. The SMILES string of the molecule is CN1CCNCC2(CCCC2)C1=O. The minimum absolute atomic E-state index is 0.0365. The second kappa shape index (κ2) is 3.29. The molecule has 0 unspecified atom stereocenters. The highest BCUT2D eigenvalue weighted by atomic mass is 16.2. The van der Waals surface area contributed by atoms with Crippen LogP contribution >= 0.6 is 0 Å². The number of carbonyl (C=O) groups is 1. The van der Waals surface area contributed by atoms with Crippen molar-refractivity contribution < 1.29 is 4.79 Å². The average Bonchev–Trinajstić information content (AvgIpc) is 2.55. The largest absolute Gasteiger partial charge is 0.344 e. The van der Waals surface area contributed by atoms with Gasteiger partial charge in [0.1, 0.15) is 0 Å². The fraction of sp³-hybridized carbons (Fsp3) is 0.900. The van der Waals surface area contributed by atoms with E-state index in [1.54, 1.807) is 0 Å². The van der Waals surface area contributed by atoms with E-state index >= 15 is 0 Å². The zero-order valence-electron chi connectivity index (χ0n) is 8.31. The Hall–Kier alpha value is -0.570. The molecule has 2 aliphatic rings. The highest BCUT2D eigenvalue weighted by molar-refractivity contribution is 5.83. The molecule has 1 aliphatic heterocycles. The fourth-order valence-electron chi connectivity index (χ4n) is 2.60. The summed E-state index contributed by atoms with van der Waals surface area (Å²) in [5.41, 5.74) is -0.0365. The van der Waals surface area contributed by atoms with Crippen LogP contribution in [0.4, 0.5) is 0 Å². The van der Waals surface area contributed by atoms with E-state index in [2.05, 4.69) is 5.32 Å². The van der Waals surface area contributed by atoms with Crippen LogP contribution in [0.5, 0.6) is 0 Å². The fourth-order valence-corrected chi connectivity index (χ4v) is 2.60. The van der Waals surface area contributed by atoms with Crippen molar-refractivity contribution in [2.24, 2.45) is 5.41 Å². The van der Waals surface area contributed by atoms with Crippen LogP contribution in [0, 0.1) is 5.41 Å². The van der Waals surface area contributed by atoms with Crippen molar-refractivity contribution in [2.75, 3.05) is 26.7 Å². The highest BCUT2D eigenvalue weighted by Crippen LogP contribution is 2.39. The number of rotatable bonds is 0. The Morgan fingerprint density at radius 2 is 2.08 bits per heavy atom. The molecule has 0 aromatic heterocycles. The Morgan fingerprint density at radius 3 is 2.77 bits per heavy atom. The van der Waals surface area contributed by atoms with Gasteiger partial charge in [0.05, 0.1) is 5.41 Å². The van der Waals surface area contributed by atoms with E-state index in [9.17, 15) is 4.79 Å². The zero-order valence-corrected chi connectivity index (χ0v) is 8.31. The molecule has 1 amide bonds. The number of likely N-dealkylation sites (N-methyl/N-ethyl adjacent to an activating group) is 1. The van der Waals surface area contributed by atoms with E-state index in [4.69, 9.17) is 0 Å². The monoisotopic (exact) mass is 182 g/mol. The topological polar surface area (TPSA) is 32.3 Å². The third kappa shape index (κ3) is 1.46. The minimum Gasteiger partial charge on any atom is -0.344 e. The lowest BCUT2D eigenvalue weighted by molar-refractivity contribution is -0.139. The summed E-state index contributed by atoms with van der Waals surface area (Å²) in [6.07, 6.45) is 4.62. The van der Waals surface area contributed by atoms with Crippen LogP contribution < -0.4 is 5.32 Å². The Kier molecular flexibility index (Phi) is 2.28. The molecular formula is C10H18N2O. The second-order valence-corrected chi connectivity index (χ2v) is 4.39. The first-order valence-electron chi connectivity index (χ1n) is 5.21. The van der Waals surface area contributed by atoms with Crippen molar-refractivity contribution in [2.45, 2.75) is 25.7 Å². The van der Waals surface area contributed by atoms with Crippen molar-refractivity contribution in [1.29, 1.82) is 0 Å². The van der Waals surface area contributed by atoms with Crippen molar-refractivity contribution in [1.82, 2.24) is 10.2 Å². The highest BCUT2D eigenvalue weighted by Gasteiger charge is 2.43. The first-order chi connectivity index (χ1) is 6.25. The molecule has 0 bridgehead atoms. The molecule has 1 N–H and O–H groups in total. The van der Waals surface area contributed by atoms with Gasteiger partial charge in [0, 0.05) is 26.7 Å². The van der Waals surface area contributed by atoms with Crippen LogP contribution in [0.15, 0.2) is 0 Å². The molecule has 3 nitrogen and oxygen atoms in total. The standard InChI is InChI=1S/C10H18N2O/c1-12-7-6-11-8-10(9(12)13)4-2-3-5-10/h11H,2-8H2,1H3. The minimum atomic E-state index is -0.0365. The number of amides is 1. The quantitative estimate of drug-likeness (QED) is 0.595. The van der Waals surface area contributed by atoms with Gasteiger partial charge >= 0.3 is 0 Å². The van der Waals surface area contributed by atoms with Gasteiger partial charge in [0.2, 0.25) is 5.91 Å². The molecule has 2 rings (SSSR count). The molecule has 3 heteroatoms. The van der Waals surface area contributed by atoms with Gasteiger partial charge in [-0.1, -0.05) is 12.8 Å². The summed E-state index contributed by atoms with van der Waals surface area (Å²) in [4.78, 5) is 13.9. The summed E-state index contributed by atoms with van der Waals surface area (Å²) in [6, 6.07) is 0. The van der Waals surface area contributed by atoms with Gasteiger partial charge in [-0.15, -0.1) is 0 Å². The van der Waals surface area contributed by atoms with E-state index in [-0.39, 0.29) is 5.41 Å². The van der Waals surface area contributed by atoms with Crippen molar-refractivity contribution >= 4 is 5.91 Å². The number of carbonyl (C=O) groups excluding carboxylic acids is 1. The molecule has 0 atom stereocenters. The summed E-state index contributed by atoms with van der Waals surface area (Å²) in [6.45, 7) is 2.71. The maximum absolute atomic E-state index is 12.1. The van der Waals surface area contributed by atoms with Gasteiger partial charge < -0.3 is 10.2 Å². The van der Waals surface area contributed by atoms with Gasteiger partial charge in [-0.25, -0.2) is 0 Å². The zero-order chi connectivity index (χ0) is 9.31. The molecule has 13 heavy (non-hydrogen) atoms. The van der Waals surface area contributed by atoms with Gasteiger partial charge in [0.25, 0.3) is 0 Å². The van der Waals surface area contributed by atoms with E-state index in [0.717, 1.165) is 32.5 Å². The summed E-state index contributed by atoms with van der Waals surface area (Å²) in [5, 5.41) is 3.38. The average molecular weight is 182 g/mol. The van der Waals surface area contributed by atoms with Crippen molar-refractivity contribution in [3.05, 3.63) is 0 Å². The first-order valence-corrected chi connectivity index (χ1v) is 5.21. The van der Waals surface area contributed by atoms with Crippen LogP contribution in [-0.4, -0.2) is 37.5 Å². The maximum Gasteiger partial charge on any atom is 0.229 e. The predicted octanol–water partition coefficient (Wildman–Crippen LogP) is 0.608. The smallest absolute Gasteiger partial charge is 0.229 e. The summed E-state index contributed by atoms with van der Waals surface area (Å²) in [7, 11) is 1.93. The lowest BCUT2D eigenvalue weighted by Crippen LogP contribution is -2.42. The van der Waals surface area contributed by atoms with Crippen LogP contribution in [0.3, 0.4) is 0 Å². The van der Waals surface area contributed by atoms with Crippen LogP contribution in [0.25, 0.3) is 0 Å². The lowest BCUT2D eigenvalue weighted by atomic mass is 9.85.